The molecule has 11 rings (SSSR count). The van der Waals surface area contributed by atoms with E-state index in [1.54, 1.807) is 0 Å². The van der Waals surface area contributed by atoms with Crippen LogP contribution in [0.3, 0.4) is 0 Å². The summed E-state index contributed by atoms with van der Waals surface area (Å²) in [5.74, 6) is 2.58. The minimum atomic E-state index is 0.614. The topological polar surface area (TPSA) is 64.5 Å². The van der Waals surface area contributed by atoms with Gasteiger partial charge in [0, 0.05) is 53.6 Å². The number of hydrogen-bond acceptors (Lipinski definition) is 6. The first-order valence-corrected chi connectivity index (χ1v) is 20.4. The Bertz CT molecular complexity index is 3270. The van der Waals surface area contributed by atoms with Gasteiger partial charge >= 0.3 is 0 Å². The Morgan fingerprint density at radius 3 is 1.47 bits per heavy atom. The molecule has 0 unspecified atom stereocenters. The highest BCUT2D eigenvalue weighted by Crippen LogP contribution is 2.44. The van der Waals surface area contributed by atoms with Crippen LogP contribution in [0.25, 0.3) is 110 Å². The van der Waals surface area contributed by atoms with Crippen molar-refractivity contribution in [2.45, 2.75) is 0 Å². The Morgan fingerprint density at radius 1 is 0.305 bits per heavy atom. The van der Waals surface area contributed by atoms with E-state index in [4.69, 9.17) is 24.9 Å². The number of fused-ring (bicyclic) bond motifs is 5. The van der Waals surface area contributed by atoms with E-state index in [0.29, 0.717) is 23.3 Å². The predicted octanol–water partition coefficient (Wildman–Crippen LogP) is 13.9. The summed E-state index contributed by atoms with van der Waals surface area (Å²) in [6.07, 6.45) is 0. The molecule has 0 aliphatic rings. The summed E-state index contributed by atoms with van der Waals surface area (Å²) in [5, 5.41) is 4.76. The molecule has 0 amide bonds. The van der Waals surface area contributed by atoms with E-state index in [0.717, 1.165) is 61.3 Å². The maximum Gasteiger partial charge on any atom is 0.164 e. The van der Waals surface area contributed by atoms with Crippen LogP contribution in [0.4, 0.5) is 0 Å². The van der Waals surface area contributed by atoms with Crippen LogP contribution in [0, 0.1) is 0 Å². The van der Waals surface area contributed by atoms with Gasteiger partial charge in [0.1, 0.15) is 0 Å². The molecule has 59 heavy (non-hydrogen) atoms. The molecule has 0 bridgehead atoms. The van der Waals surface area contributed by atoms with Gasteiger partial charge in [0.2, 0.25) is 0 Å². The Hall–Kier alpha value is -7.67. The van der Waals surface area contributed by atoms with Crippen molar-refractivity contribution in [3.05, 3.63) is 200 Å². The van der Waals surface area contributed by atoms with Crippen LogP contribution < -0.4 is 0 Å². The molecule has 6 heteroatoms. The van der Waals surface area contributed by atoms with Crippen LogP contribution >= 0.6 is 11.3 Å². The Labute approximate surface area is 345 Å². The lowest BCUT2D eigenvalue weighted by atomic mass is 9.98. The van der Waals surface area contributed by atoms with Crippen molar-refractivity contribution in [3.8, 4) is 79.2 Å². The van der Waals surface area contributed by atoms with E-state index < -0.39 is 0 Å². The summed E-state index contributed by atoms with van der Waals surface area (Å²) in [4.78, 5) is 25.7. The SMILES string of the molecule is c1ccc(-c2cc(-c3cccc(-c4cccc(-c5nc(-c6ccccc6)nc(-c6cc7ccccc7c7sc8ccccc8c67)n5)c4)c3)nc(-c3ccccc3)n2)cc1. The summed E-state index contributed by atoms with van der Waals surface area (Å²) in [5.41, 5.74) is 9.68. The van der Waals surface area contributed by atoms with E-state index in [1.807, 2.05) is 65.9 Å². The summed E-state index contributed by atoms with van der Waals surface area (Å²) in [6, 6.07) is 69.1. The molecule has 3 heterocycles. The molecule has 3 aromatic heterocycles. The summed E-state index contributed by atoms with van der Waals surface area (Å²) < 4.78 is 2.47. The number of rotatable bonds is 7. The maximum atomic E-state index is 5.29. The molecular formula is C53H33N5S. The quantitative estimate of drug-likeness (QED) is 0.161. The number of thiophene rings is 1. The third-order valence-corrected chi connectivity index (χ3v) is 11.9. The monoisotopic (exact) mass is 771 g/mol. The first kappa shape index (κ1) is 34.6. The highest BCUT2D eigenvalue weighted by molar-refractivity contribution is 7.26. The van der Waals surface area contributed by atoms with Gasteiger partial charge in [-0.3, -0.25) is 0 Å². The van der Waals surface area contributed by atoms with Gasteiger partial charge in [-0.2, -0.15) is 0 Å². The second-order valence-electron chi connectivity index (χ2n) is 14.5. The molecule has 0 atom stereocenters. The third kappa shape index (κ3) is 6.52. The van der Waals surface area contributed by atoms with E-state index in [9.17, 15) is 0 Å². The molecule has 0 saturated heterocycles. The molecule has 8 aromatic carbocycles. The molecule has 0 aliphatic heterocycles. The Balaban J connectivity index is 1.05. The van der Waals surface area contributed by atoms with Crippen molar-refractivity contribution in [2.24, 2.45) is 0 Å². The van der Waals surface area contributed by atoms with Crippen LogP contribution in [-0.4, -0.2) is 24.9 Å². The number of benzene rings is 8. The van der Waals surface area contributed by atoms with Gasteiger partial charge in [-0.15, -0.1) is 11.3 Å². The zero-order valence-corrected chi connectivity index (χ0v) is 32.5. The fraction of sp³-hybridized carbons (Fsp3) is 0. The van der Waals surface area contributed by atoms with Gasteiger partial charge in [-0.1, -0.05) is 170 Å². The largest absolute Gasteiger partial charge is 0.228 e. The second-order valence-corrected chi connectivity index (χ2v) is 15.5. The second kappa shape index (κ2) is 14.7. The average Bonchev–Trinajstić information content (AvgIpc) is 3.72. The summed E-state index contributed by atoms with van der Waals surface area (Å²) in [7, 11) is 0. The van der Waals surface area contributed by atoms with Crippen LogP contribution in [0.1, 0.15) is 0 Å². The first-order chi connectivity index (χ1) is 29.2. The zero-order valence-electron chi connectivity index (χ0n) is 31.7. The van der Waals surface area contributed by atoms with Gasteiger partial charge in [0.15, 0.2) is 23.3 Å². The lowest BCUT2D eigenvalue weighted by Gasteiger charge is -2.12. The molecule has 11 aromatic rings. The molecule has 0 aliphatic carbocycles. The van der Waals surface area contributed by atoms with Crippen molar-refractivity contribution in [2.75, 3.05) is 0 Å². The standard InChI is InChI=1S/C53H33N5S/c1-4-16-34(17-5-1)45-33-46(55-50(54-45)35-18-6-2-7-19-35)40-25-14-23-37(30-40)38-24-15-26-41(31-38)52-56-51(36-20-8-3-9-21-36)57-53(58-52)44-32-39-22-10-11-27-42(39)49-48(44)43-28-12-13-29-47(43)59-49/h1-33H. The lowest BCUT2D eigenvalue weighted by molar-refractivity contribution is 1.08. The van der Waals surface area contributed by atoms with Gasteiger partial charge in [-0.25, -0.2) is 24.9 Å². The van der Waals surface area contributed by atoms with E-state index in [-0.39, 0.29) is 0 Å². The number of hydrogen-bond donors (Lipinski definition) is 0. The lowest BCUT2D eigenvalue weighted by Crippen LogP contribution is -2.00. The highest BCUT2D eigenvalue weighted by Gasteiger charge is 2.20. The fourth-order valence-corrected chi connectivity index (χ4v) is 9.11. The van der Waals surface area contributed by atoms with Gasteiger partial charge in [0.25, 0.3) is 0 Å². The minimum absolute atomic E-state index is 0.614. The summed E-state index contributed by atoms with van der Waals surface area (Å²) in [6.45, 7) is 0. The van der Waals surface area contributed by atoms with E-state index >= 15 is 0 Å². The van der Waals surface area contributed by atoms with Crippen LogP contribution in [0.15, 0.2) is 200 Å². The molecule has 276 valence electrons. The predicted molar refractivity (Wildman–Crippen MR) is 244 cm³/mol. The van der Waals surface area contributed by atoms with Gasteiger partial charge in [0.05, 0.1) is 11.4 Å². The molecule has 0 fully saturated rings. The highest BCUT2D eigenvalue weighted by atomic mass is 32.1. The molecule has 0 spiro atoms. The minimum Gasteiger partial charge on any atom is -0.228 e. The van der Waals surface area contributed by atoms with Crippen molar-refractivity contribution >= 4 is 42.3 Å². The van der Waals surface area contributed by atoms with Crippen LogP contribution in [0.2, 0.25) is 0 Å². The van der Waals surface area contributed by atoms with Gasteiger partial charge < -0.3 is 0 Å². The van der Waals surface area contributed by atoms with Crippen molar-refractivity contribution in [3.63, 3.8) is 0 Å². The number of nitrogens with zero attached hydrogens (tertiary/aromatic N) is 5. The van der Waals surface area contributed by atoms with Crippen LogP contribution in [-0.2, 0) is 0 Å². The maximum absolute atomic E-state index is 5.29. The summed E-state index contributed by atoms with van der Waals surface area (Å²) >= 11 is 1.82. The van der Waals surface area contributed by atoms with E-state index in [1.165, 1.54) is 25.6 Å². The van der Waals surface area contributed by atoms with Crippen molar-refractivity contribution < 1.29 is 0 Å². The molecular weight excluding hydrogens is 739 g/mol. The zero-order chi connectivity index (χ0) is 39.1. The van der Waals surface area contributed by atoms with Crippen molar-refractivity contribution in [1.82, 2.24) is 24.9 Å². The molecule has 0 saturated carbocycles. The molecule has 0 N–H and O–H groups in total. The average molecular weight is 772 g/mol. The van der Waals surface area contributed by atoms with E-state index in [2.05, 4.69) is 146 Å². The number of aromatic nitrogens is 5. The Morgan fingerprint density at radius 2 is 0.780 bits per heavy atom. The first-order valence-electron chi connectivity index (χ1n) is 19.6. The van der Waals surface area contributed by atoms with Gasteiger partial charge in [-0.05, 0) is 52.2 Å². The third-order valence-electron chi connectivity index (χ3n) is 10.7. The van der Waals surface area contributed by atoms with Crippen molar-refractivity contribution in [1.29, 1.82) is 0 Å². The van der Waals surface area contributed by atoms with Crippen LogP contribution in [0.5, 0.6) is 0 Å². The molecule has 5 nitrogen and oxygen atoms in total. The fourth-order valence-electron chi connectivity index (χ4n) is 7.84. The Kier molecular flexibility index (Phi) is 8.60. The smallest absolute Gasteiger partial charge is 0.164 e. The molecule has 0 radical (unpaired) electrons. The normalized spacial score (nSPS) is 11.4.